The van der Waals surface area contributed by atoms with Crippen LogP contribution in [0.3, 0.4) is 0 Å². The van der Waals surface area contributed by atoms with Gasteiger partial charge in [0.2, 0.25) is 0 Å². The number of Topliss-reactive ketones (excluding diaryl/α,β-unsaturated/α-hetero) is 1. The lowest BCUT2D eigenvalue weighted by atomic mass is 9.44. The van der Waals surface area contributed by atoms with Crippen molar-refractivity contribution in [3.8, 4) is 0 Å². The highest BCUT2D eigenvalue weighted by atomic mass is 16.3. The Morgan fingerprint density at radius 2 is 1.83 bits per heavy atom. The lowest BCUT2D eigenvalue weighted by molar-refractivity contribution is -0.151. The van der Waals surface area contributed by atoms with Crippen molar-refractivity contribution in [1.29, 1.82) is 0 Å². The van der Waals surface area contributed by atoms with Crippen LogP contribution in [0.4, 0.5) is 0 Å². The van der Waals surface area contributed by atoms with Gasteiger partial charge in [0.1, 0.15) is 6.54 Å². The van der Waals surface area contributed by atoms with Gasteiger partial charge in [0, 0.05) is 5.92 Å². The van der Waals surface area contributed by atoms with Gasteiger partial charge in [0.25, 0.3) is 0 Å². The number of hydrogen-bond acceptors (Lipinski definition) is 5. The molecule has 0 saturated heterocycles. The molecule has 160 valence electrons. The van der Waals surface area contributed by atoms with Gasteiger partial charge in [-0.2, -0.15) is 4.80 Å². The Kier molecular flexibility index (Phi) is 4.47. The molecule has 0 aromatic carbocycles. The van der Waals surface area contributed by atoms with Crippen LogP contribution in [-0.2, 0) is 11.3 Å². The quantitative estimate of drug-likeness (QED) is 0.837. The van der Waals surface area contributed by atoms with E-state index in [0.29, 0.717) is 23.0 Å². The Balaban J connectivity index is 1.36. The Labute approximate surface area is 173 Å². The summed E-state index contributed by atoms with van der Waals surface area (Å²) >= 11 is 0. The fourth-order valence-corrected chi connectivity index (χ4v) is 8.47. The molecule has 4 aliphatic rings. The first kappa shape index (κ1) is 19.7. The largest absolute Gasteiger partial charge is 0.390 e. The lowest BCUT2D eigenvalue weighted by Gasteiger charge is -2.61. The Morgan fingerprint density at radius 1 is 1.03 bits per heavy atom. The van der Waals surface area contributed by atoms with E-state index in [1.165, 1.54) is 43.2 Å². The first-order chi connectivity index (χ1) is 13.7. The molecule has 29 heavy (non-hydrogen) atoms. The molecule has 0 radical (unpaired) electrons. The number of ketones is 1. The summed E-state index contributed by atoms with van der Waals surface area (Å²) in [4.78, 5) is 14.6. The summed E-state index contributed by atoms with van der Waals surface area (Å²) in [5.41, 5.74) is 0.0296. The minimum Gasteiger partial charge on any atom is -0.390 e. The van der Waals surface area contributed by atoms with E-state index in [1.807, 2.05) is 6.92 Å². The molecule has 8 atom stereocenters. The van der Waals surface area contributed by atoms with Crippen molar-refractivity contribution in [3.63, 3.8) is 0 Å². The molecule has 0 amide bonds. The minimum absolute atomic E-state index is 0.127. The minimum atomic E-state index is -0.472. The summed E-state index contributed by atoms with van der Waals surface area (Å²) in [6, 6.07) is 0. The number of fused-ring (bicyclic) bond motifs is 5. The predicted molar refractivity (Wildman–Crippen MR) is 109 cm³/mol. The third-order valence-electron chi connectivity index (χ3n) is 10.0. The van der Waals surface area contributed by atoms with Crippen LogP contribution < -0.4 is 0 Å². The summed E-state index contributed by atoms with van der Waals surface area (Å²) in [5, 5.41) is 22.3. The first-order valence-electron chi connectivity index (χ1n) is 11.7. The second kappa shape index (κ2) is 6.60. The second-order valence-corrected chi connectivity index (χ2v) is 11.5. The average Bonchev–Trinajstić information content (AvgIpc) is 3.29. The first-order valence-corrected chi connectivity index (χ1v) is 11.7. The van der Waals surface area contributed by atoms with Crippen LogP contribution in [0.1, 0.15) is 78.6 Å². The molecule has 1 aromatic rings. The van der Waals surface area contributed by atoms with Crippen molar-refractivity contribution in [2.24, 2.45) is 40.4 Å². The molecule has 6 heteroatoms. The number of rotatable bonds is 3. The zero-order chi connectivity index (χ0) is 20.4. The van der Waals surface area contributed by atoms with Gasteiger partial charge in [-0.1, -0.05) is 13.8 Å². The fourth-order valence-electron chi connectivity index (χ4n) is 8.47. The number of carbonyl (C=O) groups is 1. The predicted octanol–water partition coefficient (Wildman–Crippen LogP) is 3.65. The number of hydrogen-bond donors (Lipinski definition) is 1. The van der Waals surface area contributed by atoms with E-state index in [0.717, 1.165) is 37.5 Å². The van der Waals surface area contributed by atoms with E-state index in [2.05, 4.69) is 29.3 Å². The van der Waals surface area contributed by atoms with E-state index >= 15 is 0 Å². The van der Waals surface area contributed by atoms with Crippen molar-refractivity contribution < 1.29 is 9.90 Å². The molecule has 0 unspecified atom stereocenters. The Bertz CT molecular complexity index is 778. The molecular formula is C23H36N4O2. The van der Waals surface area contributed by atoms with Crippen LogP contribution >= 0.6 is 0 Å². The number of carbonyl (C=O) groups excluding carboxylic acids is 1. The zero-order valence-corrected chi connectivity index (χ0v) is 18.2. The van der Waals surface area contributed by atoms with Crippen LogP contribution in [0, 0.1) is 40.4 Å². The topological polar surface area (TPSA) is 80.9 Å². The number of aliphatic hydroxyl groups is 1. The Hall–Kier alpha value is -1.30. The van der Waals surface area contributed by atoms with Crippen molar-refractivity contribution in [2.45, 2.75) is 90.7 Å². The highest BCUT2D eigenvalue weighted by Gasteiger charge is 2.61. The summed E-state index contributed by atoms with van der Waals surface area (Å²) in [7, 11) is 0. The van der Waals surface area contributed by atoms with Crippen molar-refractivity contribution >= 4 is 5.78 Å². The molecule has 1 aromatic heterocycles. The van der Waals surface area contributed by atoms with Gasteiger partial charge in [0.15, 0.2) is 12.1 Å². The van der Waals surface area contributed by atoms with Crippen molar-refractivity contribution in [1.82, 2.24) is 20.2 Å². The van der Waals surface area contributed by atoms with Crippen LogP contribution in [0.15, 0.2) is 6.33 Å². The van der Waals surface area contributed by atoms with Gasteiger partial charge < -0.3 is 5.11 Å². The molecular weight excluding hydrogens is 364 g/mol. The van der Waals surface area contributed by atoms with Gasteiger partial charge in [-0.05, 0) is 104 Å². The third-order valence-corrected chi connectivity index (χ3v) is 10.0. The van der Waals surface area contributed by atoms with Crippen LogP contribution in [-0.4, -0.2) is 36.7 Å². The van der Waals surface area contributed by atoms with E-state index in [4.69, 9.17) is 0 Å². The molecule has 1 heterocycles. The van der Waals surface area contributed by atoms with Crippen molar-refractivity contribution in [3.05, 3.63) is 6.33 Å². The SMILES string of the molecule is C[C@@]1(O)CC[C@@]2(C)[C@H](CC[C@@H]3[C@@H]2CC[C@]2(C)[C@@H](C(=O)Cn4ncnn4)CC[C@@H]32)C1. The van der Waals surface area contributed by atoms with Gasteiger partial charge in [-0.3, -0.25) is 4.79 Å². The molecule has 0 bridgehead atoms. The van der Waals surface area contributed by atoms with E-state index in [-0.39, 0.29) is 17.9 Å². The maximum Gasteiger partial charge on any atom is 0.162 e. The van der Waals surface area contributed by atoms with E-state index in [9.17, 15) is 9.90 Å². The smallest absolute Gasteiger partial charge is 0.162 e. The molecule has 4 aliphatic carbocycles. The number of aromatic nitrogens is 4. The van der Waals surface area contributed by atoms with Gasteiger partial charge in [0.05, 0.1) is 5.60 Å². The van der Waals surface area contributed by atoms with Gasteiger partial charge in [-0.25, -0.2) is 0 Å². The fraction of sp³-hybridized carbons (Fsp3) is 0.913. The van der Waals surface area contributed by atoms with Crippen LogP contribution in [0.2, 0.25) is 0 Å². The number of tetrazole rings is 1. The van der Waals surface area contributed by atoms with E-state index < -0.39 is 5.60 Å². The van der Waals surface area contributed by atoms with Crippen molar-refractivity contribution in [2.75, 3.05) is 0 Å². The highest BCUT2D eigenvalue weighted by Crippen LogP contribution is 2.68. The molecule has 0 spiro atoms. The summed E-state index contributed by atoms with van der Waals surface area (Å²) in [6.45, 7) is 7.22. The summed E-state index contributed by atoms with van der Waals surface area (Å²) < 4.78 is 0. The zero-order valence-electron chi connectivity index (χ0n) is 18.2. The summed E-state index contributed by atoms with van der Waals surface area (Å²) in [5.74, 6) is 3.27. The molecule has 1 N–H and O–H groups in total. The van der Waals surface area contributed by atoms with Gasteiger partial charge in [-0.15, -0.1) is 10.2 Å². The maximum absolute atomic E-state index is 13.1. The molecule has 6 nitrogen and oxygen atoms in total. The van der Waals surface area contributed by atoms with E-state index in [1.54, 1.807) is 0 Å². The third kappa shape index (κ3) is 3.00. The highest BCUT2D eigenvalue weighted by molar-refractivity contribution is 5.81. The number of nitrogens with zero attached hydrogens (tertiary/aromatic N) is 4. The molecule has 4 saturated carbocycles. The second-order valence-electron chi connectivity index (χ2n) is 11.5. The lowest BCUT2D eigenvalue weighted by Crippen LogP contribution is -2.55. The average molecular weight is 401 g/mol. The summed E-state index contributed by atoms with van der Waals surface area (Å²) in [6.07, 6.45) is 11.6. The molecule has 0 aliphatic heterocycles. The monoisotopic (exact) mass is 400 g/mol. The standard InChI is InChI=1S/C23H36N4O2/c1-21(29)10-11-22(2)15(12-21)4-5-16-17-6-7-19(23(17,3)9-8-18(16)22)20(28)13-27-25-14-24-26-27/h14-19,29H,4-13H2,1-3H3/t15-,16+,17+,18+,19-,21-,22+,23+/m1/s1. The normalized spacial score (nSPS) is 49.2. The maximum atomic E-state index is 13.1. The molecule has 4 fully saturated rings. The van der Waals surface area contributed by atoms with Crippen LogP contribution in [0.5, 0.6) is 0 Å². The molecule has 5 rings (SSSR count). The van der Waals surface area contributed by atoms with Gasteiger partial charge >= 0.3 is 0 Å². The van der Waals surface area contributed by atoms with Crippen LogP contribution in [0.25, 0.3) is 0 Å². The Morgan fingerprint density at radius 3 is 2.59 bits per heavy atom.